The van der Waals surface area contributed by atoms with Crippen LogP contribution >= 0.6 is 0 Å². The highest BCUT2D eigenvalue weighted by molar-refractivity contribution is 6.00. The summed E-state index contributed by atoms with van der Waals surface area (Å²) in [4.78, 5) is 57.5. The molecule has 230 valence electrons. The number of hydrogen-bond acceptors (Lipinski definition) is 5. The van der Waals surface area contributed by atoms with Gasteiger partial charge in [-0.2, -0.15) is 0 Å². The molecule has 2 saturated carbocycles. The number of amides is 3. The third-order valence-electron chi connectivity index (χ3n) is 9.50. The lowest BCUT2D eigenvalue weighted by atomic mass is 9.82. The van der Waals surface area contributed by atoms with Crippen LogP contribution in [0.4, 0.5) is 0 Å². The van der Waals surface area contributed by atoms with Gasteiger partial charge in [0.05, 0.1) is 19.4 Å². The molecule has 1 aliphatic heterocycles. The van der Waals surface area contributed by atoms with Gasteiger partial charge in [0.15, 0.2) is 6.17 Å². The van der Waals surface area contributed by atoms with Gasteiger partial charge in [-0.1, -0.05) is 68.5 Å². The number of benzene rings is 2. The normalized spacial score (nSPS) is 20.9. The van der Waals surface area contributed by atoms with E-state index in [1.165, 1.54) is 12.0 Å². The summed E-state index contributed by atoms with van der Waals surface area (Å²) in [7, 11) is 1.52. The molecule has 1 heterocycles. The average Bonchev–Trinajstić information content (AvgIpc) is 3.72. The number of carbonyl (C=O) groups is 4. The number of hydrogen-bond donors (Lipinski definition) is 2. The second-order valence-corrected chi connectivity index (χ2v) is 12.2. The van der Waals surface area contributed by atoms with Crippen molar-refractivity contribution < 1.29 is 29.0 Å². The maximum absolute atomic E-state index is 14.5. The largest absolute Gasteiger partial charge is 0.497 e. The maximum atomic E-state index is 14.5. The number of methoxy groups -OCH3 is 1. The molecule has 0 bridgehead atoms. The molecule has 43 heavy (non-hydrogen) atoms. The van der Waals surface area contributed by atoms with Gasteiger partial charge in [-0.25, -0.2) is 0 Å². The Morgan fingerprint density at radius 2 is 1.51 bits per heavy atom. The summed E-state index contributed by atoms with van der Waals surface area (Å²) in [6, 6.07) is 15.9. The standard InChI is InChI=1S/C34H43N3O6/c1-43-27-18-10-17-26(21-27)33(41)36-19-20-37(34(42)30(25-15-8-9-16-25)24-13-6-3-7-14-24)32(36)31(40)35-28(22-29(38)39)23-11-4-2-5-12-23/h3,6-7,10,13-14,17-18,21,23,25,28,30,32H,2,4-5,8-9,11-12,15-16,19-20,22H2,1H3,(H,35,40)(H,38,39). The van der Waals surface area contributed by atoms with Crippen LogP contribution in [0.3, 0.4) is 0 Å². The Labute approximate surface area is 253 Å². The first-order valence-electron chi connectivity index (χ1n) is 15.7. The van der Waals surface area contributed by atoms with Gasteiger partial charge in [-0.3, -0.25) is 19.2 Å². The van der Waals surface area contributed by atoms with Crippen molar-refractivity contribution in [3.63, 3.8) is 0 Å². The first-order valence-corrected chi connectivity index (χ1v) is 15.7. The third-order valence-corrected chi connectivity index (χ3v) is 9.50. The Bertz CT molecular complexity index is 1290. The van der Waals surface area contributed by atoms with E-state index in [2.05, 4.69) is 5.32 Å². The monoisotopic (exact) mass is 589 g/mol. The smallest absolute Gasteiger partial charge is 0.305 e. The zero-order valence-electron chi connectivity index (χ0n) is 25.0. The van der Waals surface area contributed by atoms with Crippen LogP contribution in [0, 0.1) is 11.8 Å². The van der Waals surface area contributed by atoms with Crippen LogP contribution in [0.5, 0.6) is 5.75 Å². The molecule has 2 aliphatic carbocycles. The van der Waals surface area contributed by atoms with E-state index >= 15 is 0 Å². The van der Waals surface area contributed by atoms with Crippen molar-refractivity contribution in [2.45, 2.75) is 82.3 Å². The van der Waals surface area contributed by atoms with Crippen LogP contribution in [0.25, 0.3) is 0 Å². The molecule has 0 spiro atoms. The lowest BCUT2D eigenvalue weighted by Crippen LogP contribution is -2.57. The fourth-order valence-corrected chi connectivity index (χ4v) is 7.34. The van der Waals surface area contributed by atoms with Crippen molar-refractivity contribution >= 4 is 23.7 Å². The van der Waals surface area contributed by atoms with Gasteiger partial charge >= 0.3 is 5.97 Å². The summed E-state index contributed by atoms with van der Waals surface area (Å²) < 4.78 is 5.33. The topological polar surface area (TPSA) is 116 Å². The fraction of sp³-hybridized carbons (Fsp3) is 0.529. The summed E-state index contributed by atoms with van der Waals surface area (Å²) in [5.41, 5.74) is 1.28. The molecule has 2 N–H and O–H groups in total. The lowest BCUT2D eigenvalue weighted by Gasteiger charge is -2.36. The van der Waals surface area contributed by atoms with Crippen molar-refractivity contribution in [1.82, 2.24) is 15.1 Å². The molecule has 1 saturated heterocycles. The minimum Gasteiger partial charge on any atom is -0.497 e. The number of carbonyl (C=O) groups excluding carboxylic acids is 3. The molecule has 0 radical (unpaired) electrons. The molecule has 3 amide bonds. The number of ether oxygens (including phenoxy) is 1. The molecule has 5 rings (SSSR count). The molecule has 3 atom stereocenters. The van der Waals surface area contributed by atoms with Crippen LogP contribution in [0.1, 0.15) is 86.0 Å². The molecule has 3 aliphatic rings. The molecule has 3 fully saturated rings. The minimum absolute atomic E-state index is 0.0393. The third kappa shape index (κ3) is 7.03. The van der Waals surface area contributed by atoms with E-state index in [4.69, 9.17) is 4.74 Å². The number of carboxylic acid groups (broad SMARTS) is 1. The predicted octanol–water partition coefficient (Wildman–Crippen LogP) is 4.82. The summed E-state index contributed by atoms with van der Waals surface area (Å²) in [5.74, 6) is -1.73. The van der Waals surface area contributed by atoms with Crippen molar-refractivity contribution in [3.05, 3.63) is 65.7 Å². The van der Waals surface area contributed by atoms with E-state index < -0.39 is 30.0 Å². The summed E-state index contributed by atoms with van der Waals surface area (Å²) >= 11 is 0. The zero-order chi connectivity index (χ0) is 30.3. The van der Waals surface area contributed by atoms with Gasteiger partial charge in [0.1, 0.15) is 5.75 Å². The molecule has 2 aromatic rings. The van der Waals surface area contributed by atoms with Crippen molar-refractivity contribution in [1.29, 1.82) is 0 Å². The van der Waals surface area contributed by atoms with Crippen molar-refractivity contribution in [2.24, 2.45) is 11.8 Å². The van der Waals surface area contributed by atoms with Gasteiger partial charge in [-0.15, -0.1) is 0 Å². The van der Waals surface area contributed by atoms with Crippen LogP contribution in [-0.4, -0.2) is 71.0 Å². The van der Waals surface area contributed by atoms with Crippen LogP contribution < -0.4 is 10.1 Å². The first kappa shape index (κ1) is 30.6. The van der Waals surface area contributed by atoms with Gasteiger partial charge < -0.3 is 25.0 Å². The second kappa shape index (κ2) is 14.1. The summed E-state index contributed by atoms with van der Waals surface area (Å²) in [6.45, 7) is 0.411. The molecule has 0 aromatic heterocycles. The second-order valence-electron chi connectivity index (χ2n) is 12.2. The van der Waals surface area contributed by atoms with Crippen molar-refractivity contribution in [3.8, 4) is 5.75 Å². The first-order chi connectivity index (χ1) is 20.9. The van der Waals surface area contributed by atoms with E-state index in [0.29, 0.717) is 11.3 Å². The summed E-state index contributed by atoms with van der Waals surface area (Å²) in [5, 5.41) is 12.7. The van der Waals surface area contributed by atoms with Crippen LogP contribution in [-0.2, 0) is 14.4 Å². The Hall–Kier alpha value is -3.88. The van der Waals surface area contributed by atoms with E-state index in [1.54, 1.807) is 29.2 Å². The number of aliphatic carboxylic acids is 1. The Balaban J connectivity index is 1.48. The molecular weight excluding hydrogens is 546 g/mol. The number of nitrogens with zero attached hydrogens (tertiary/aromatic N) is 2. The minimum atomic E-state index is -1.18. The fourth-order valence-electron chi connectivity index (χ4n) is 7.34. The van der Waals surface area contributed by atoms with E-state index in [-0.39, 0.29) is 43.2 Å². The SMILES string of the molecule is COc1cccc(C(=O)N2CCN(C(=O)C(c3ccccc3)C3CCCC3)C2C(=O)NC(CC(=O)O)C2CCCCC2)c1. The Morgan fingerprint density at radius 1 is 0.860 bits per heavy atom. The molecule has 9 nitrogen and oxygen atoms in total. The van der Waals surface area contributed by atoms with E-state index in [0.717, 1.165) is 63.4 Å². The van der Waals surface area contributed by atoms with E-state index in [1.807, 2.05) is 30.3 Å². The number of nitrogens with one attached hydrogen (secondary N) is 1. The van der Waals surface area contributed by atoms with Crippen molar-refractivity contribution in [2.75, 3.05) is 20.2 Å². The van der Waals surface area contributed by atoms with Gasteiger partial charge in [0, 0.05) is 24.7 Å². The highest BCUT2D eigenvalue weighted by Gasteiger charge is 2.47. The zero-order valence-corrected chi connectivity index (χ0v) is 25.0. The molecule has 3 unspecified atom stereocenters. The van der Waals surface area contributed by atoms with Crippen LogP contribution in [0.15, 0.2) is 54.6 Å². The maximum Gasteiger partial charge on any atom is 0.305 e. The number of carboxylic acids is 1. The molecule has 9 heteroatoms. The quantitative estimate of drug-likeness (QED) is 0.411. The predicted molar refractivity (Wildman–Crippen MR) is 161 cm³/mol. The van der Waals surface area contributed by atoms with E-state index in [9.17, 15) is 24.3 Å². The van der Waals surface area contributed by atoms with Gasteiger partial charge in [-0.05, 0) is 61.3 Å². The highest BCUT2D eigenvalue weighted by Crippen LogP contribution is 2.40. The van der Waals surface area contributed by atoms with Gasteiger partial charge in [0.25, 0.3) is 11.8 Å². The molecule has 2 aromatic carbocycles. The highest BCUT2D eigenvalue weighted by atomic mass is 16.5. The van der Waals surface area contributed by atoms with Crippen LogP contribution in [0.2, 0.25) is 0 Å². The summed E-state index contributed by atoms with van der Waals surface area (Å²) in [6.07, 6.45) is 7.37. The Kier molecular flexibility index (Phi) is 10.00. The average molecular weight is 590 g/mol. The lowest BCUT2D eigenvalue weighted by molar-refractivity contribution is -0.144. The Morgan fingerprint density at radius 3 is 2.19 bits per heavy atom. The molecular formula is C34H43N3O6. The van der Waals surface area contributed by atoms with Gasteiger partial charge in [0.2, 0.25) is 5.91 Å². The number of rotatable bonds is 10.